The van der Waals surface area contributed by atoms with Crippen molar-refractivity contribution in [3.8, 4) is 0 Å². The Morgan fingerprint density at radius 3 is 2.36 bits per heavy atom. The molecule has 0 aliphatic carbocycles. The van der Waals surface area contributed by atoms with Crippen LogP contribution < -0.4 is 10.2 Å². The van der Waals surface area contributed by atoms with Gasteiger partial charge in [-0.1, -0.05) is 13.0 Å². The smallest absolute Gasteiger partial charge is 0.328 e. The number of carbonyl (C=O) groups is 3. The van der Waals surface area contributed by atoms with E-state index in [1.807, 2.05) is 4.90 Å². The molecule has 8 heteroatoms. The van der Waals surface area contributed by atoms with Crippen LogP contribution in [0.3, 0.4) is 0 Å². The molecule has 152 valence electrons. The molecule has 2 aliphatic heterocycles. The first-order chi connectivity index (χ1) is 13.3. The standard InChI is InChI=1S/C16H21BrN2O.C4H4O4/c1-2-9-19-14(20)4-3-12-10-11-5-7-18-8-6-13(11)15(17)16(12)19;5-3(6)1-2-4(7)8/h10,18H,2-9H2,1H3;1-2H,(H,5,6)(H,7,8)/b;2-1+. The molecule has 0 aromatic heterocycles. The molecule has 1 aromatic carbocycles. The largest absolute Gasteiger partial charge is 0.478 e. The Labute approximate surface area is 172 Å². The zero-order chi connectivity index (χ0) is 20.7. The van der Waals surface area contributed by atoms with Gasteiger partial charge in [-0.15, -0.1) is 0 Å². The summed E-state index contributed by atoms with van der Waals surface area (Å²) in [6.45, 7) is 5.02. The van der Waals surface area contributed by atoms with E-state index in [4.69, 9.17) is 10.2 Å². The summed E-state index contributed by atoms with van der Waals surface area (Å²) in [6, 6.07) is 2.34. The predicted molar refractivity (Wildman–Crippen MR) is 110 cm³/mol. The Kier molecular flexibility index (Phi) is 8.19. The van der Waals surface area contributed by atoms with E-state index in [0.717, 1.165) is 55.5 Å². The van der Waals surface area contributed by atoms with Gasteiger partial charge in [-0.2, -0.15) is 0 Å². The molecular weight excluding hydrogens is 428 g/mol. The number of nitrogens with zero attached hydrogens (tertiary/aromatic N) is 1. The van der Waals surface area contributed by atoms with Crippen molar-refractivity contribution in [2.45, 2.75) is 39.0 Å². The Bertz CT molecular complexity index is 775. The fourth-order valence-electron chi connectivity index (χ4n) is 3.43. The number of aliphatic carboxylic acids is 2. The lowest BCUT2D eigenvalue weighted by molar-refractivity contribution is -0.134. The van der Waals surface area contributed by atoms with Gasteiger partial charge in [0.2, 0.25) is 5.91 Å². The van der Waals surface area contributed by atoms with Crippen LogP contribution in [0.4, 0.5) is 5.69 Å². The molecule has 0 spiro atoms. The van der Waals surface area contributed by atoms with Gasteiger partial charge in [-0.25, -0.2) is 9.59 Å². The molecule has 0 radical (unpaired) electrons. The quantitative estimate of drug-likeness (QED) is 0.605. The highest BCUT2D eigenvalue weighted by Gasteiger charge is 2.28. The number of carboxylic acid groups (broad SMARTS) is 2. The number of benzene rings is 1. The van der Waals surface area contributed by atoms with E-state index in [0.29, 0.717) is 18.6 Å². The summed E-state index contributed by atoms with van der Waals surface area (Å²) in [5.41, 5.74) is 5.32. The van der Waals surface area contributed by atoms with Crippen molar-refractivity contribution in [1.29, 1.82) is 0 Å². The molecule has 3 rings (SSSR count). The zero-order valence-corrected chi connectivity index (χ0v) is 17.4. The van der Waals surface area contributed by atoms with Crippen LogP contribution in [0.2, 0.25) is 0 Å². The van der Waals surface area contributed by atoms with Crippen LogP contribution in [0, 0.1) is 0 Å². The maximum absolute atomic E-state index is 12.2. The number of hydrogen-bond acceptors (Lipinski definition) is 4. The summed E-state index contributed by atoms with van der Waals surface area (Å²) in [4.78, 5) is 33.3. The van der Waals surface area contributed by atoms with Gasteiger partial charge in [-0.3, -0.25) is 4.79 Å². The van der Waals surface area contributed by atoms with E-state index < -0.39 is 11.9 Å². The van der Waals surface area contributed by atoms with E-state index in [-0.39, 0.29) is 5.91 Å². The molecule has 2 heterocycles. The molecule has 28 heavy (non-hydrogen) atoms. The number of rotatable bonds is 4. The minimum absolute atomic E-state index is 0.270. The number of hydrogen-bond donors (Lipinski definition) is 3. The number of carbonyl (C=O) groups excluding carboxylic acids is 1. The molecule has 0 atom stereocenters. The molecule has 3 N–H and O–H groups in total. The van der Waals surface area contributed by atoms with Gasteiger partial charge in [-0.05, 0) is 71.4 Å². The van der Waals surface area contributed by atoms with Gasteiger partial charge in [0.15, 0.2) is 0 Å². The second-order valence-corrected chi connectivity index (χ2v) is 7.43. The maximum atomic E-state index is 12.2. The van der Waals surface area contributed by atoms with Gasteiger partial charge in [0.25, 0.3) is 0 Å². The van der Waals surface area contributed by atoms with E-state index in [9.17, 15) is 14.4 Å². The molecule has 1 amide bonds. The first kappa shape index (κ1) is 22.1. The lowest BCUT2D eigenvalue weighted by atomic mass is 9.93. The summed E-state index contributed by atoms with van der Waals surface area (Å²) in [5.74, 6) is -2.24. The second kappa shape index (κ2) is 10.4. The number of nitrogens with one attached hydrogen (secondary N) is 1. The average molecular weight is 453 g/mol. The van der Waals surface area contributed by atoms with Crippen LogP contribution in [0.5, 0.6) is 0 Å². The normalized spacial score (nSPS) is 15.9. The molecule has 0 unspecified atom stereocenters. The summed E-state index contributed by atoms with van der Waals surface area (Å²) in [7, 11) is 0. The summed E-state index contributed by atoms with van der Waals surface area (Å²) in [6.07, 6.45) is 5.77. The molecular formula is C20H25BrN2O5. The highest BCUT2D eigenvalue weighted by molar-refractivity contribution is 9.10. The lowest BCUT2D eigenvalue weighted by Crippen LogP contribution is -2.36. The van der Waals surface area contributed by atoms with Gasteiger partial charge >= 0.3 is 11.9 Å². The van der Waals surface area contributed by atoms with E-state index >= 15 is 0 Å². The van der Waals surface area contributed by atoms with Crippen molar-refractivity contribution in [2.24, 2.45) is 0 Å². The highest BCUT2D eigenvalue weighted by Crippen LogP contribution is 2.40. The molecule has 1 aromatic rings. The van der Waals surface area contributed by atoms with E-state index in [2.05, 4.69) is 34.2 Å². The minimum atomic E-state index is -1.26. The first-order valence-electron chi connectivity index (χ1n) is 9.33. The molecule has 0 bridgehead atoms. The third kappa shape index (κ3) is 5.65. The fraction of sp³-hybridized carbons (Fsp3) is 0.450. The topological polar surface area (TPSA) is 107 Å². The maximum Gasteiger partial charge on any atom is 0.328 e. The lowest BCUT2D eigenvalue weighted by Gasteiger charge is -2.32. The van der Waals surface area contributed by atoms with E-state index in [1.54, 1.807) is 0 Å². The zero-order valence-electron chi connectivity index (χ0n) is 15.8. The molecule has 0 fully saturated rings. The predicted octanol–water partition coefficient (Wildman–Crippen LogP) is 2.54. The van der Waals surface area contributed by atoms with Crippen LogP contribution >= 0.6 is 15.9 Å². The van der Waals surface area contributed by atoms with E-state index in [1.165, 1.54) is 16.7 Å². The monoisotopic (exact) mass is 452 g/mol. The van der Waals surface area contributed by atoms with Gasteiger partial charge in [0.05, 0.1) is 5.69 Å². The van der Waals surface area contributed by atoms with Gasteiger partial charge in [0, 0.05) is 29.6 Å². The minimum Gasteiger partial charge on any atom is -0.478 e. The third-order valence-corrected chi connectivity index (χ3v) is 5.49. The highest BCUT2D eigenvalue weighted by atomic mass is 79.9. The van der Waals surface area contributed by atoms with Crippen molar-refractivity contribution in [3.63, 3.8) is 0 Å². The first-order valence-corrected chi connectivity index (χ1v) is 10.1. The number of carboxylic acids is 2. The SMILES string of the molecule is CCCN1C(=O)CCc2cc3c(c(Br)c21)CCNCC3.O=C(O)/C=C/C(=O)O. The fourth-order valence-corrected chi connectivity index (χ4v) is 4.35. The molecule has 0 saturated heterocycles. The van der Waals surface area contributed by atoms with Crippen molar-refractivity contribution >= 4 is 39.5 Å². The summed E-state index contributed by atoms with van der Waals surface area (Å²) >= 11 is 3.80. The third-order valence-electron chi connectivity index (χ3n) is 4.63. The average Bonchev–Trinajstić information content (AvgIpc) is 2.89. The van der Waals surface area contributed by atoms with Gasteiger partial charge in [0.1, 0.15) is 0 Å². The summed E-state index contributed by atoms with van der Waals surface area (Å²) in [5, 5.41) is 19.1. The number of aryl methyl sites for hydroxylation is 1. The van der Waals surface area contributed by atoms with Crippen molar-refractivity contribution in [2.75, 3.05) is 24.5 Å². The Morgan fingerprint density at radius 1 is 1.11 bits per heavy atom. The second-order valence-electron chi connectivity index (χ2n) is 6.64. The van der Waals surface area contributed by atoms with Crippen molar-refractivity contribution in [1.82, 2.24) is 5.32 Å². The van der Waals surface area contributed by atoms with Crippen LogP contribution in [0.1, 0.15) is 36.5 Å². The van der Waals surface area contributed by atoms with Gasteiger partial charge < -0.3 is 20.4 Å². The Hall–Kier alpha value is -2.19. The Morgan fingerprint density at radius 2 is 1.75 bits per heavy atom. The van der Waals surface area contributed by atoms with Crippen molar-refractivity contribution < 1.29 is 24.6 Å². The molecule has 0 saturated carbocycles. The van der Waals surface area contributed by atoms with Crippen molar-refractivity contribution in [3.05, 3.63) is 39.4 Å². The Balaban J connectivity index is 0.000000300. The number of anilines is 1. The molecule has 2 aliphatic rings. The van der Waals surface area contributed by atoms with Crippen LogP contribution in [-0.4, -0.2) is 47.7 Å². The van der Waals surface area contributed by atoms with Crippen LogP contribution in [0.15, 0.2) is 22.7 Å². The number of halogens is 1. The van der Waals surface area contributed by atoms with Crippen LogP contribution in [0.25, 0.3) is 0 Å². The van der Waals surface area contributed by atoms with Crippen LogP contribution in [-0.2, 0) is 33.6 Å². The number of amides is 1. The summed E-state index contributed by atoms with van der Waals surface area (Å²) < 4.78 is 1.16. The molecule has 7 nitrogen and oxygen atoms in total. The number of fused-ring (bicyclic) bond motifs is 2.